The highest BCUT2D eigenvalue weighted by Crippen LogP contribution is 2.28. The molecule has 3 rings (SSSR count). The molecule has 1 saturated heterocycles. The Bertz CT molecular complexity index is 675. The number of hydrogen-bond acceptors (Lipinski definition) is 4. The summed E-state index contributed by atoms with van der Waals surface area (Å²) in [4.78, 5) is 16.5. The van der Waals surface area contributed by atoms with E-state index in [2.05, 4.69) is 40.1 Å². The average Bonchev–Trinajstić information content (AvgIpc) is 3.21. The number of H-pyrrole nitrogens is 1. The van der Waals surface area contributed by atoms with Crippen LogP contribution >= 0.6 is 24.2 Å². The molecule has 24 heavy (non-hydrogen) atoms. The normalized spacial score (nSPS) is 19.8. The van der Waals surface area contributed by atoms with Crippen LogP contribution in [0.4, 0.5) is 0 Å². The minimum atomic E-state index is -0.420. The number of benzene rings is 1. The number of aliphatic hydroxyl groups excluding tert-OH is 1. The third kappa shape index (κ3) is 4.33. The van der Waals surface area contributed by atoms with E-state index < -0.39 is 6.10 Å². The molecule has 5 nitrogen and oxygen atoms in total. The molecule has 1 aromatic carbocycles. The molecule has 0 radical (unpaired) electrons. The highest BCUT2D eigenvalue weighted by molar-refractivity contribution is 7.98. The molecule has 0 aliphatic carbocycles. The lowest BCUT2D eigenvalue weighted by molar-refractivity contribution is -0.123. The van der Waals surface area contributed by atoms with Gasteiger partial charge in [-0.05, 0) is 29.9 Å². The molecule has 7 heteroatoms. The molecular formula is C17H22ClN3O2S. The number of nitrogens with one attached hydrogen (secondary N) is 3. The Balaban J connectivity index is 0.00000208. The zero-order valence-electron chi connectivity index (χ0n) is 13.4. The summed E-state index contributed by atoms with van der Waals surface area (Å²) >= 11 is 1.71. The molecule has 2 heterocycles. The fraction of sp³-hybridized carbons (Fsp3) is 0.353. The predicted molar refractivity (Wildman–Crippen MR) is 99.5 cm³/mol. The summed E-state index contributed by atoms with van der Waals surface area (Å²) in [6.07, 6.45) is 4.06. The summed E-state index contributed by atoms with van der Waals surface area (Å²) in [6, 6.07) is 9.95. The number of hydrogen-bond donors (Lipinski definition) is 4. The number of rotatable bonds is 5. The van der Waals surface area contributed by atoms with E-state index in [1.807, 2.05) is 18.3 Å². The second-order valence-electron chi connectivity index (χ2n) is 5.69. The Hall–Kier alpha value is -1.47. The number of carbonyl (C=O) groups is 1. The van der Waals surface area contributed by atoms with Crippen LogP contribution in [0.15, 0.2) is 41.4 Å². The molecule has 130 valence electrons. The van der Waals surface area contributed by atoms with Crippen molar-refractivity contribution in [2.75, 3.05) is 12.8 Å². The van der Waals surface area contributed by atoms with Crippen LogP contribution in [-0.4, -0.2) is 40.9 Å². The van der Waals surface area contributed by atoms with Gasteiger partial charge in [0.1, 0.15) is 0 Å². The molecule has 0 spiro atoms. The maximum absolute atomic E-state index is 12.0. The summed E-state index contributed by atoms with van der Waals surface area (Å²) in [5.74, 6) is -0.0559. The van der Waals surface area contributed by atoms with Crippen molar-refractivity contribution in [3.05, 3.63) is 42.1 Å². The Morgan fingerprint density at radius 3 is 2.71 bits per heavy atom. The highest BCUT2D eigenvalue weighted by Gasteiger charge is 2.27. The van der Waals surface area contributed by atoms with Crippen molar-refractivity contribution in [3.8, 4) is 11.3 Å². The predicted octanol–water partition coefficient (Wildman–Crippen LogP) is 2.16. The smallest absolute Gasteiger partial charge is 0.237 e. The fourth-order valence-electron chi connectivity index (χ4n) is 2.77. The van der Waals surface area contributed by atoms with E-state index in [4.69, 9.17) is 0 Å². The summed E-state index contributed by atoms with van der Waals surface area (Å²) < 4.78 is 0. The molecule has 4 N–H and O–H groups in total. The van der Waals surface area contributed by atoms with Crippen LogP contribution in [0.1, 0.15) is 12.0 Å². The van der Waals surface area contributed by atoms with E-state index in [0.717, 1.165) is 16.8 Å². The summed E-state index contributed by atoms with van der Waals surface area (Å²) in [7, 11) is 0. The molecule has 1 aliphatic heterocycles. The van der Waals surface area contributed by atoms with Gasteiger partial charge in [0.25, 0.3) is 0 Å². The largest absolute Gasteiger partial charge is 0.392 e. The first kappa shape index (κ1) is 18.9. The minimum Gasteiger partial charge on any atom is -0.392 e. The van der Waals surface area contributed by atoms with Gasteiger partial charge in [-0.25, -0.2) is 0 Å². The molecule has 1 fully saturated rings. The topological polar surface area (TPSA) is 77.2 Å². The van der Waals surface area contributed by atoms with Crippen molar-refractivity contribution >= 4 is 30.1 Å². The third-order valence-electron chi connectivity index (χ3n) is 4.06. The van der Waals surface area contributed by atoms with Crippen LogP contribution in [0.25, 0.3) is 11.3 Å². The second-order valence-corrected chi connectivity index (χ2v) is 6.53. The molecule has 1 aromatic heterocycles. The fourth-order valence-corrected chi connectivity index (χ4v) is 3.35. The van der Waals surface area contributed by atoms with Crippen molar-refractivity contribution < 1.29 is 9.90 Å². The highest BCUT2D eigenvalue weighted by atomic mass is 35.5. The number of amides is 1. The molecule has 0 saturated carbocycles. The van der Waals surface area contributed by atoms with Gasteiger partial charge < -0.3 is 20.7 Å². The maximum Gasteiger partial charge on any atom is 0.237 e. The van der Waals surface area contributed by atoms with Crippen molar-refractivity contribution in [1.82, 2.24) is 15.6 Å². The summed E-state index contributed by atoms with van der Waals surface area (Å²) in [5, 5.41) is 15.4. The van der Waals surface area contributed by atoms with E-state index in [1.54, 1.807) is 11.8 Å². The van der Waals surface area contributed by atoms with Crippen LogP contribution in [0.3, 0.4) is 0 Å². The Labute approximate surface area is 152 Å². The lowest BCUT2D eigenvalue weighted by Gasteiger charge is -2.11. The zero-order valence-corrected chi connectivity index (χ0v) is 15.0. The van der Waals surface area contributed by atoms with Crippen molar-refractivity contribution in [2.45, 2.75) is 30.0 Å². The average molecular weight is 368 g/mol. The van der Waals surface area contributed by atoms with Gasteiger partial charge in [-0.3, -0.25) is 4.79 Å². The Morgan fingerprint density at radius 1 is 1.33 bits per heavy atom. The molecule has 1 aliphatic rings. The zero-order chi connectivity index (χ0) is 16.2. The summed E-state index contributed by atoms with van der Waals surface area (Å²) in [5.41, 5.74) is 3.31. The van der Waals surface area contributed by atoms with E-state index in [0.29, 0.717) is 19.5 Å². The van der Waals surface area contributed by atoms with E-state index in [9.17, 15) is 9.90 Å². The third-order valence-corrected chi connectivity index (χ3v) is 4.84. The minimum absolute atomic E-state index is 0. The van der Waals surface area contributed by atoms with Crippen LogP contribution < -0.4 is 10.6 Å². The van der Waals surface area contributed by atoms with Gasteiger partial charge >= 0.3 is 0 Å². The first-order valence-corrected chi connectivity index (χ1v) is 8.89. The Kier molecular flexibility index (Phi) is 6.74. The van der Waals surface area contributed by atoms with E-state index >= 15 is 0 Å². The molecular weight excluding hydrogens is 346 g/mol. The molecule has 0 bridgehead atoms. The van der Waals surface area contributed by atoms with Gasteiger partial charge in [-0.1, -0.05) is 24.3 Å². The van der Waals surface area contributed by atoms with Gasteiger partial charge in [-0.15, -0.1) is 24.2 Å². The first-order valence-electron chi connectivity index (χ1n) is 7.67. The standard InChI is InChI=1S/C17H21N3O2S.ClH/c1-23-15-6-7-18-16(15)12-4-2-11(3-5-12)9-20-17(22)14-8-13(21)10-19-14;/h2-7,13-14,18-19,21H,8-10H2,1H3,(H,20,22);1H. The Morgan fingerprint density at radius 2 is 2.08 bits per heavy atom. The van der Waals surface area contributed by atoms with Gasteiger partial charge in [0.2, 0.25) is 5.91 Å². The molecule has 1 amide bonds. The lowest BCUT2D eigenvalue weighted by Crippen LogP contribution is -2.39. The number of halogens is 1. The van der Waals surface area contributed by atoms with Gasteiger partial charge in [0.05, 0.1) is 17.8 Å². The van der Waals surface area contributed by atoms with E-state index in [-0.39, 0.29) is 24.4 Å². The number of aromatic amines is 1. The van der Waals surface area contributed by atoms with Crippen LogP contribution in [0, 0.1) is 0 Å². The maximum atomic E-state index is 12.0. The monoisotopic (exact) mass is 367 g/mol. The molecule has 2 unspecified atom stereocenters. The first-order chi connectivity index (χ1) is 11.2. The number of carbonyl (C=O) groups excluding carboxylic acids is 1. The molecule has 2 aromatic rings. The van der Waals surface area contributed by atoms with Crippen LogP contribution in [0.2, 0.25) is 0 Å². The molecule has 2 atom stereocenters. The second kappa shape index (κ2) is 8.58. The van der Waals surface area contributed by atoms with Crippen LogP contribution in [0.5, 0.6) is 0 Å². The van der Waals surface area contributed by atoms with Crippen molar-refractivity contribution in [2.24, 2.45) is 0 Å². The number of thioether (sulfide) groups is 1. The number of β-amino-alcohol motifs (C(OH)–C–C–N with tert-alkyl or cyclic N) is 1. The SMILES string of the molecule is CSc1cc[nH]c1-c1ccc(CNC(=O)C2CC(O)CN2)cc1.Cl. The van der Waals surface area contributed by atoms with Crippen molar-refractivity contribution in [3.63, 3.8) is 0 Å². The number of aliphatic hydroxyl groups is 1. The van der Waals surface area contributed by atoms with Gasteiger partial charge in [-0.2, -0.15) is 0 Å². The number of aromatic nitrogens is 1. The van der Waals surface area contributed by atoms with Gasteiger partial charge in [0, 0.05) is 24.2 Å². The van der Waals surface area contributed by atoms with Crippen molar-refractivity contribution in [1.29, 1.82) is 0 Å². The quantitative estimate of drug-likeness (QED) is 0.611. The van der Waals surface area contributed by atoms with Gasteiger partial charge in [0.15, 0.2) is 0 Å². The summed E-state index contributed by atoms with van der Waals surface area (Å²) in [6.45, 7) is 0.980. The van der Waals surface area contributed by atoms with E-state index in [1.165, 1.54) is 4.90 Å². The van der Waals surface area contributed by atoms with Crippen LogP contribution in [-0.2, 0) is 11.3 Å². The lowest BCUT2D eigenvalue weighted by atomic mass is 10.1.